The van der Waals surface area contributed by atoms with Crippen LogP contribution in [0.2, 0.25) is 0 Å². The van der Waals surface area contributed by atoms with Gasteiger partial charge < -0.3 is 20.5 Å². The van der Waals surface area contributed by atoms with Crippen molar-refractivity contribution in [1.82, 2.24) is 0 Å². The molecule has 1 fully saturated rings. The molecule has 1 aromatic carbocycles. The Kier molecular flexibility index (Phi) is 4.76. The molecule has 1 aliphatic heterocycles. The lowest BCUT2D eigenvalue weighted by Crippen LogP contribution is -2.22. The summed E-state index contributed by atoms with van der Waals surface area (Å²) < 4.78 is 10.8. The summed E-state index contributed by atoms with van der Waals surface area (Å²) in [6.07, 6.45) is 2.23. The van der Waals surface area contributed by atoms with Gasteiger partial charge in [0.1, 0.15) is 6.61 Å². The number of carbonyl (C=O) groups is 1. The highest BCUT2D eigenvalue weighted by Gasteiger charge is 2.16. The fourth-order valence-electron chi connectivity index (χ4n) is 2.07. The van der Waals surface area contributed by atoms with Crippen molar-refractivity contribution in [3.63, 3.8) is 0 Å². The number of aryl methyl sites for hydroxylation is 1. The molecule has 0 aromatic heterocycles. The van der Waals surface area contributed by atoms with Crippen LogP contribution in [0.4, 0.5) is 11.4 Å². The van der Waals surface area contributed by atoms with Gasteiger partial charge in [-0.2, -0.15) is 0 Å². The Bertz CT molecular complexity index is 442. The minimum absolute atomic E-state index is 0.0453. The first-order chi connectivity index (χ1) is 9.15. The van der Waals surface area contributed by atoms with Crippen molar-refractivity contribution in [2.45, 2.75) is 25.9 Å². The third kappa shape index (κ3) is 4.22. The van der Waals surface area contributed by atoms with Gasteiger partial charge in [0, 0.05) is 18.0 Å². The second kappa shape index (κ2) is 6.54. The smallest absolute Gasteiger partial charge is 0.250 e. The molecular weight excluding hydrogens is 244 g/mol. The summed E-state index contributed by atoms with van der Waals surface area (Å²) in [6.45, 7) is 3.22. The number of ether oxygens (including phenoxy) is 2. The van der Waals surface area contributed by atoms with Gasteiger partial charge >= 0.3 is 0 Å². The molecule has 0 spiro atoms. The number of nitrogens with two attached hydrogens (primary N) is 1. The maximum absolute atomic E-state index is 11.7. The maximum Gasteiger partial charge on any atom is 0.250 e. The highest BCUT2D eigenvalue weighted by molar-refractivity contribution is 5.92. The van der Waals surface area contributed by atoms with Gasteiger partial charge in [-0.15, -0.1) is 0 Å². The van der Waals surface area contributed by atoms with E-state index in [1.54, 1.807) is 12.1 Å². The van der Waals surface area contributed by atoms with Crippen LogP contribution >= 0.6 is 0 Å². The van der Waals surface area contributed by atoms with E-state index in [4.69, 9.17) is 15.2 Å². The van der Waals surface area contributed by atoms with Gasteiger partial charge in [-0.3, -0.25) is 4.79 Å². The molecule has 1 aromatic rings. The molecule has 2 rings (SSSR count). The second-order valence-corrected chi connectivity index (χ2v) is 4.77. The fraction of sp³-hybridized carbons (Fsp3) is 0.500. The van der Waals surface area contributed by atoms with Gasteiger partial charge in [0.2, 0.25) is 5.91 Å². The molecule has 19 heavy (non-hydrogen) atoms. The van der Waals surface area contributed by atoms with Gasteiger partial charge in [0.25, 0.3) is 0 Å². The number of carbonyl (C=O) groups excluding carboxylic acids is 1. The molecule has 3 N–H and O–H groups in total. The van der Waals surface area contributed by atoms with Crippen molar-refractivity contribution in [2.24, 2.45) is 0 Å². The Hall–Kier alpha value is -1.59. The van der Waals surface area contributed by atoms with Crippen LogP contribution in [-0.2, 0) is 14.3 Å². The number of amides is 1. The number of anilines is 2. The standard InChI is InChI=1S/C14H20N2O3/c1-10-7-11(15)4-5-13(10)16-14(17)9-18-8-12-3-2-6-19-12/h4-5,7,12H,2-3,6,8-9,15H2,1H3,(H,16,17). The molecule has 1 atom stereocenters. The fourth-order valence-corrected chi connectivity index (χ4v) is 2.07. The molecule has 0 bridgehead atoms. The normalized spacial score (nSPS) is 18.5. The zero-order valence-corrected chi connectivity index (χ0v) is 11.1. The Labute approximate surface area is 113 Å². The number of hydrogen-bond donors (Lipinski definition) is 2. The Morgan fingerprint density at radius 3 is 3.11 bits per heavy atom. The van der Waals surface area contributed by atoms with Crippen LogP contribution in [0.3, 0.4) is 0 Å². The monoisotopic (exact) mass is 264 g/mol. The molecule has 1 amide bonds. The Morgan fingerprint density at radius 1 is 1.58 bits per heavy atom. The first-order valence-electron chi connectivity index (χ1n) is 6.50. The molecule has 1 saturated heterocycles. The van der Waals surface area contributed by atoms with Crippen molar-refractivity contribution >= 4 is 17.3 Å². The lowest BCUT2D eigenvalue weighted by molar-refractivity contribution is -0.121. The van der Waals surface area contributed by atoms with E-state index in [2.05, 4.69) is 5.32 Å². The van der Waals surface area contributed by atoms with Crippen LogP contribution in [0.25, 0.3) is 0 Å². The summed E-state index contributed by atoms with van der Waals surface area (Å²) in [6, 6.07) is 5.38. The topological polar surface area (TPSA) is 73.6 Å². The van der Waals surface area contributed by atoms with Gasteiger partial charge in [-0.1, -0.05) is 0 Å². The largest absolute Gasteiger partial charge is 0.399 e. The molecule has 0 saturated carbocycles. The summed E-state index contributed by atoms with van der Waals surface area (Å²) in [5.41, 5.74) is 8.04. The number of rotatable bonds is 5. The van der Waals surface area contributed by atoms with E-state index in [0.717, 1.165) is 30.7 Å². The van der Waals surface area contributed by atoms with E-state index in [1.165, 1.54) is 0 Å². The summed E-state index contributed by atoms with van der Waals surface area (Å²) >= 11 is 0. The van der Waals surface area contributed by atoms with Crippen LogP contribution < -0.4 is 11.1 Å². The number of hydrogen-bond acceptors (Lipinski definition) is 4. The molecule has 5 heteroatoms. The van der Waals surface area contributed by atoms with Crippen molar-refractivity contribution in [3.05, 3.63) is 23.8 Å². The second-order valence-electron chi connectivity index (χ2n) is 4.77. The van der Waals surface area contributed by atoms with Crippen molar-refractivity contribution < 1.29 is 14.3 Å². The Balaban J connectivity index is 1.74. The first-order valence-corrected chi connectivity index (χ1v) is 6.50. The molecule has 1 aliphatic rings. The van der Waals surface area contributed by atoms with Crippen LogP contribution in [0.1, 0.15) is 18.4 Å². The quantitative estimate of drug-likeness (QED) is 0.794. The van der Waals surface area contributed by atoms with E-state index in [-0.39, 0.29) is 18.6 Å². The molecule has 0 radical (unpaired) electrons. The van der Waals surface area contributed by atoms with Crippen molar-refractivity contribution in [2.75, 3.05) is 30.9 Å². The van der Waals surface area contributed by atoms with Gasteiger partial charge in [-0.05, 0) is 43.5 Å². The van der Waals surface area contributed by atoms with Crippen LogP contribution in [0.5, 0.6) is 0 Å². The minimum atomic E-state index is -0.161. The zero-order chi connectivity index (χ0) is 13.7. The summed E-state index contributed by atoms with van der Waals surface area (Å²) in [4.78, 5) is 11.7. The highest BCUT2D eigenvalue weighted by atomic mass is 16.5. The third-order valence-corrected chi connectivity index (χ3v) is 3.09. The Morgan fingerprint density at radius 2 is 2.42 bits per heavy atom. The van der Waals surface area contributed by atoms with Gasteiger partial charge in [0.05, 0.1) is 12.7 Å². The van der Waals surface area contributed by atoms with Crippen molar-refractivity contribution in [1.29, 1.82) is 0 Å². The van der Waals surface area contributed by atoms with E-state index < -0.39 is 0 Å². The first kappa shape index (κ1) is 13.8. The predicted molar refractivity (Wildman–Crippen MR) is 74.0 cm³/mol. The average Bonchev–Trinajstić information content (AvgIpc) is 2.86. The lowest BCUT2D eigenvalue weighted by Gasteiger charge is -2.11. The van der Waals surface area contributed by atoms with Crippen LogP contribution in [0.15, 0.2) is 18.2 Å². The minimum Gasteiger partial charge on any atom is -0.399 e. The molecule has 1 heterocycles. The van der Waals surface area contributed by atoms with Crippen molar-refractivity contribution in [3.8, 4) is 0 Å². The zero-order valence-electron chi connectivity index (χ0n) is 11.1. The van der Waals surface area contributed by atoms with Gasteiger partial charge in [0.15, 0.2) is 0 Å². The number of nitrogens with one attached hydrogen (secondary N) is 1. The van der Waals surface area contributed by atoms with Crippen LogP contribution in [-0.4, -0.2) is 31.8 Å². The molecule has 0 aliphatic carbocycles. The summed E-state index contributed by atoms with van der Waals surface area (Å²) in [5.74, 6) is -0.161. The van der Waals surface area contributed by atoms with E-state index in [0.29, 0.717) is 12.3 Å². The molecule has 5 nitrogen and oxygen atoms in total. The molecule has 1 unspecified atom stereocenters. The molecular formula is C14H20N2O3. The maximum atomic E-state index is 11.7. The summed E-state index contributed by atoms with van der Waals surface area (Å²) in [5, 5.41) is 2.80. The van der Waals surface area contributed by atoms with E-state index >= 15 is 0 Å². The van der Waals surface area contributed by atoms with Gasteiger partial charge in [-0.25, -0.2) is 0 Å². The predicted octanol–water partition coefficient (Wildman–Crippen LogP) is 1.71. The number of nitrogen functional groups attached to an aromatic ring is 1. The van der Waals surface area contributed by atoms with E-state index in [9.17, 15) is 4.79 Å². The summed E-state index contributed by atoms with van der Waals surface area (Å²) in [7, 11) is 0. The van der Waals surface area contributed by atoms with Crippen LogP contribution in [0, 0.1) is 6.92 Å². The molecule has 104 valence electrons. The highest BCUT2D eigenvalue weighted by Crippen LogP contribution is 2.17. The number of benzene rings is 1. The SMILES string of the molecule is Cc1cc(N)ccc1NC(=O)COCC1CCCO1. The third-order valence-electron chi connectivity index (χ3n) is 3.09. The van der Waals surface area contributed by atoms with E-state index in [1.807, 2.05) is 13.0 Å². The lowest BCUT2D eigenvalue weighted by atomic mass is 10.2. The average molecular weight is 264 g/mol.